The quantitative estimate of drug-likeness (QED) is 0.436. The lowest BCUT2D eigenvalue weighted by Gasteiger charge is -2.30. The third-order valence-electron chi connectivity index (χ3n) is 8.20. The van der Waals surface area contributed by atoms with E-state index in [1.165, 1.54) is 4.90 Å². The van der Waals surface area contributed by atoms with Crippen LogP contribution in [-0.2, 0) is 26.5 Å². The molecule has 1 N–H and O–H groups in total. The van der Waals surface area contributed by atoms with Gasteiger partial charge in [-0.15, -0.1) is 0 Å². The molecule has 0 unspecified atom stereocenters. The lowest BCUT2D eigenvalue weighted by Crippen LogP contribution is -2.54. The summed E-state index contributed by atoms with van der Waals surface area (Å²) in [5.74, 6) is -2.23. The monoisotopic (exact) mass is 487 g/mol. The Labute approximate surface area is 214 Å². The first kappa shape index (κ1) is 21.9. The molecule has 4 aromatic carbocycles. The number of benzene rings is 4. The minimum absolute atomic E-state index is 0.183. The number of nitrogens with zero attached hydrogens (tertiary/aromatic N) is 2. The van der Waals surface area contributed by atoms with E-state index in [0.29, 0.717) is 12.2 Å². The summed E-state index contributed by atoms with van der Waals surface area (Å²) in [5, 5.41) is 5.26. The largest absolute Gasteiger partial charge is 0.306 e. The molecule has 0 bridgehead atoms. The molecule has 4 aromatic rings. The molecule has 0 saturated carbocycles. The standard InChI is InChI=1S/C31H25N3O3/c1-19-26-27(29(36)34(28(26)35)24-17-9-13-21-12-5-6-14-22(21)24)31(32-19)23-15-7-8-16-25(23)33(30(31)37)18-20-10-3-2-4-11-20/h2-17,19,26-27,32H,18H2,1H3/t19-,26-,27+,31+/m1/s1. The molecule has 0 aromatic heterocycles. The number of hydrogen-bond acceptors (Lipinski definition) is 4. The zero-order chi connectivity index (χ0) is 25.3. The molecule has 0 aliphatic carbocycles. The summed E-state index contributed by atoms with van der Waals surface area (Å²) in [4.78, 5) is 45.6. The molecular weight excluding hydrogens is 462 g/mol. The summed E-state index contributed by atoms with van der Waals surface area (Å²) in [6, 6.07) is 30.5. The van der Waals surface area contributed by atoms with Crippen LogP contribution in [0.3, 0.4) is 0 Å². The molecule has 7 rings (SSSR count). The van der Waals surface area contributed by atoms with Crippen LogP contribution in [0.25, 0.3) is 10.8 Å². The zero-order valence-electron chi connectivity index (χ0n) is 20.3. The molecule has 1 spiro atoms. The fraction of sp³-hybridized carbons (Fsp3) is 0.194. The van der Waals surface area contributed by atoms with Crippen molar-refractivity contribution in [2.24, 2.45) is 11.8 Å². The van der Waals surface area contributed by atoms with Crippen LogP contribution in [0.4, 0.5) is 11.4 Å². The second-order valence-electron chi connectivity index (χ2n) is 10.1. The van der Waals surface area contributed by atoms with Crippen molar-refractivity contribution in [1.82, 2.24) is 5.32 Å². The fourth-order valence-electron chi connectivity index (χ4n) is 6.67. The van der Waals surface area contributed by atoms with Crippen molar-refractivity contribution in [1.29, 1.82) is 0 Å². The Bertz CT molecular complexity index is 1590. The van der Waals surface area contributed by atoms with Crippen LogP contribution in [0.2, 0.25) is 0 Å². The number of carbonyl (C=O) groups excluding carboxylic acids is 3. The molecule has 3 aliphatic rings. The SMILES string of the molecule is C[C@H]1N[C@]2(C(=O)N(Cc3ccccc3)c3ccccc32)[C@@H]2C(=O)N(c3cccc4ccccc34)C(=O)[C@@H]21. The minimum atomic E-state index is -1.29. The Hall–Kier alpha value is -4.29. The predicted molar refractivity (Wildman–Crippen MR) is 142 cm³/mol. The van der Waals surface area contributed by atoms with Crippen molar-refractivity contribution < 1.29 is 14.4 Å². The van der Waals surface area contributed by atoms with Gasteiger partial charge in [0.25, 0.3) is 5.91 Å². The van der Waals surface area contributed by atoms with Crippen LogP contribution in [-0.4, -0.2) is 23.8 Å². The van der Waals surface area contributed by atoms with Crippen molar-refractivity contribution in [3.63, 3.8) is 0 Å². The van der Waals surface area contributed by atoms with Crippen LogP contribution in [0.1, 0.15) is 18.1 Å². The Morgan fingerprint density at radius 2 is 1.43 bits per heavy atom. The highest BCUT2D eigenvalue weighted by Crippen LogP contribution is 2.55. The molecule has 37 heavy (non-hydrogen) atoms. The Morgan fingerprint density at radius 1 is 0.757 bits per heavy atom. The van der Waals surface area contributed by atoms with Gasteiger partial charge >= 0.3 is 0 Å². The van der Waals surface area contributed by atoms with E-state index in [1.54, 1.807) is 4.90 Å². The number of hydrogen-bond donors (Lipinski definition) is 1. The van der Waals surface area contributed by atoms with Gasteiger partial charge in [-0.1, -0.05) is 84.9 Å². The van der Waals surface area contributed by atoms with E-state index >= 15 is 0 Å². The maximum atomic E-state index is 14.4. The number of para-hydroxylation sites is 1. The average Bonchev–Trinajstić information content (AvgIpc) is 3.47. The van der Waals surface area contributed by atoms with Gasteiger partial charge in [0.05, 0.1) is 24.1 Å². The number of fused-ring (bicyclic) bond motifs is 5. The third-order valence-corrected chi connectivity index (χ3v) is 8.20. The van der Waals surface area contributed by atoms with Gasteiger partial charge in [-0.3, -0.25) is 19.7 Å². The third kappa shape index (κ3) is 2.87. The van der Waals surface area contributed by atoms with Crippen molar-refractivity contribution in [2.45, 2.75) is 25.0 Å². The van der Waals surface area contributed by atoms with Gasteiger partial charge in [0.1, 0.15) is 5.54 Å². The van der Waals surface area contributed by atoms with Crippen LogP contribution in [0.5, 0.6) is 0 Å². The Kier molecular flexibility index (Phi) is 4.66. The smallest absolute Gasteiger partial charge is 0.253 e. The second kappa shape index (κ2) is 7.85. The highest BCUT2D eigenvalue weighted by atomic mass is 16.2. The molecule has 3 heterocycles. The van der Waals surface area contributed by atoms with Crippen LogP contribution in [0, 0.1) is 11.8 Å². The second-order valence-corrected chi connectivity index (χ2v) is 10.1. The van der Waals surface area contributed by atoms with Gasteiger partial charge in [-0.05, 0) is 30.0 Å². The topological polar surface area (TPSA) is 69.7 Å². The highest BCUT2D eigenvalue weighted by molar-refractivity contribution is 6.28. The van der Waals surface area contributed by atoms with Gasteiger partial charge in [0.2, 0.25) is 11.8 Å². The van der Waals surface area contributed by atoms with E-state index in [1.807, 2.05) is 104 Å². The summed E-state index contributed by atoms with van der Waals surface area (Å²) in [7, 11) is 0. The molecule has 0 radical (unpaired) electrons. The van der Waals surface area contributed by atoms with Crippen molar-refractivity contribution in [3.05, 3.63) is 108 Å². The van der Waals surface area contributed by atoms with E-state index in [9.17, 15) is 14.4 Å². The summed E-state index contributed by atoms with van der Waals surface area (Å²) >= 11 is 0. The molecule has 3 aliphatic heterocycles. The van der Waals surface area contributed by atoms with Crippen molar-refractivity contribution >= 4 is 39.9 Å². The molecule has 6 heteroatoms. The predicted octanol–water partition coefficient (Wildman–Crippen LogP) is 4.38. The van der Waals surface area contributed by atoms with Crippen LogP contribution < -0.4 is 15.1 Å². The van der Waals surface area contributed by atoms with Gasteiger partial charge in [-0.25, -0.2) is 4.90 Å². The van der Waals surface area contributed by atoms with Gasteiger partial charge in [0.15, 0.2) is 0 Å². The number of amides is 3. The van der Waals surface area contributed by atoms with Crippen molar-refractivity contribution in [2.75, 3.05) is 9.80 Å². The number of nitrogens with one attached hydrogen (secondary N) is 1. The number of imide groups is 1. The summed E-state index contributed by atoms with van der Waals surface area (Å²) in [5.41, 5.74) is 1.82. The lowest BCUT2D eigenvalue weighted by molar-refractivity contribution is -0.132. The van der Waals surface area contributed by atoms with E-state index in [0.717, 1.165) is 27.6 Å². The molecular formula is C31H25N3O3. The highest BCUT2D eigenvalue weighted by Gasteiger charge is 2.71. The maximum Gasteiger partial charge on any atom is 0.253 e. The first-order valence-electron chi connectivity index (χ1n) is 12.6. The first-order valence-corrected chi connectivity index (χ1v) is 12.6. The number of carbonyl (C=O) groups is 3. The van der Waals surface area contributed by atoms with E-state index in [2.05, 4.69) is 5.32 Å². The summed E-state index contributed by atoms with van der Waals surface area (Å²) < 4.78 is 0. The van der Waals surface area contributed by atoms with Crippen LogP contribution >= 0.6 is 0 Å². The van der Waals surface area contributed by atoms with Gasteiger partial charge in [0, 0.05) is 22.7 Å². The van der Waals surface area contributed by atoms with E-state index in [4.69, 9.17) is 0 Å². The summed E-state index contributed by atoms with van der Waals surface area (Å²) in [6.45, 7) is 2.29. The van der Waals surface area contributed by atoms with Gasteiger partial charge in [-0.2, -0.15) is 0 Å². The zero-order valence-corrected chi connectivity index (χ0v) is 20.3. The van der Waals surface area contributed by atoms with E-state index < -0.39 is 17.4 Å². The van der Waals surface area contributed by atoms with Gasteiger partial charge < -0.3 is 4.90 Å². The lowest BCUT2D eigenvalue weighted by atomic mass is 9.76. The molecule has 6 nitrogen and oxygen atoms in total. The fourth-order valence-corrected chi connectivity index (χ4v) is 6.67. The normalized spacial score (nSPS) is 26.4. The molecule has 4 atom stereocenters. The number of anilines is 2. The molecule has 3 amide bonds. The van der Waals surface area contributed by atoms with Crippen LogP contribution in [0.15, 0.2) is 97.1 Å². The summed E-state index contributed by atoms with van der Waals surface area (Å²) in [6.07, 6.45) is 0. The maximum absolute atomic E-state index is 14.4. The molecule has 2 saturated heterocycles. The Balaban J connectivity index is 1.37. The molecule has 182 valence electrons. The Morgan fingerprint density at radius 3 is 2.27 bits per heavy atom. The minimum Gasteiger partial charge on any atom is -0.306 e. The van der Waals surface area contributed by atoms with Crippen molar-refractivity contribution in [3.8, 4) is 0 Å². The van der Waals surface area contributed by atoms with E-state index in [-0.39, 0.29) is 23.8 Å². The average molecular weight is 488 g/mol. The first-order chi connectivity index (χ1) is 18.0. The number of rotatable bonds is 3. The molecule has 2 fully saturated rings.